The quantitative estimate of drug-likeness (QED) is 0.315. The molecule has 0 bridgehead atoms. The Balaban J connectivity index is 1.53. The number of H-pyrrole nitrogens is 1. The first-order valence-electron chi connectivity index (χ1n) is 13.2. The normalized spacial score (nSPS) is 14.2. The highest BCUT2D eigenvalue weighted by Crippen LogP contribution is 2.40. The summed E-state index contributed by atoms with van der Waals surface area (Å²) in [4.78, 5) is 31.0. The van der Waals surface area contributed by atoms with E-state index in [2.05, 4.69) is 21.6 Å². The molecule has 1 amide bonds. The first-order valence-corrected chi connectivity index (χ1v) is 13.2. The number of aromatic carboxylic acids is 1. The van der Waals surface area contributed by atoms with Crippen LogP contribution in [0.3, 0.4) is 0 Å². The lowest BCUT2D eigenvalue weighted by Crippen LogP contribution is -2.38. The number of nitrogens with zero attached hydrogens (tertiary/aromatic N) is 3. The van der Waals surface area contributed by atoms with Gasteiger partial charge < -0.3 is 24.8 Å². The van der Waals surface area contributed by atoms with Gasteiger partial charge in [-0.25, -0.2) is 9.59 Å². The molecule has 4 rings (SSSR count). The molecule has 3 N–H and O–H groups in total. The Bertz CT molecular complexity index is 1280. The van der Waals surface area contributed by atoms with Gasteiger partial charge in [-0.05, 0) is 88.9 Å². The molecule has 0 spiro atoms. The van der Waals surface area contributed by atoms with Crippen LogP contribution in [0.15, 0.2) is 42.7 Å². The van der Waals surface area contributed by atoms with E-state index < -0.39 is 23.8 Å². The maximum Gasteiger partial charge on any atom is 0.407 e. The molecule has 0 saturated heterocycles. The predicted molar refractivity (Wildman–Crippen MR) is 147 cm³/mol. The van der Waals surface area contributed by atoms with Gasteiger partial charge >= 0.3 is 12.1 Å². The lowest BCUT2D eigenvalue weighted by atomic mass is 10.0. The summed E-state index contributed by atoms with van der Waals surface area (Å²) in [5.74, 6) is -0.248. The molecule has 1 aromatic carbocycles. The van der Waals surface area contributed by atoms with E-state index in [0.717, 1.165) is 16.8 Å². The van der Waals surface area contributed by atoms with Crippen LogP contribution in [0.2, 0.25) is 0 Å². The Morgan fingerprint density at radius 1 is 1.23 bits per heavy atom. The average Bonchev–Trinajstić information content (AvgIpc) is 3.57. The number of aromatic nitrogens is 3. The zero-order valence-electron chi connectivity index (χ0n) is 23.2. The van der Waals surface area contributed by atoms with Crippen LogP contribution in [0.4, 0.5) is 4.79 Å². The van der Waals surface area contributed by atoms with Crippen LogP contribution in [0.25, 0.3) is 11.3 Å². The number of aromatic amines is 1. The molecule has 0 unspecified atom stereocenters. The van der Waals surface area contributed by atoms with Gasteiger partial charge in [-0.3, -0.25) is 10.1 Å². The Morgan fingerprint density at radius 3 is 2.59 bits per heavy atom. The van der Waals surface area contributed by atoms with Crippen LogP contribution in [0.1, 0.15) is 72.8 Å². The number of ether oxygens (including phenoxy) is 2. The first-order chi connectivity index (χ1) is 18.5. The van der Waals surface area contributed by atoms with Crippen LogP contribution in [-0.2, 0) is 4.74 Å². The van der Waals surface area contributed by atoms with E-state index >= 15 is 0 Å². The van der Waals surface area contributed by atoms with E-state index in [0.29, 0.717) is 31.2 Å². The highest BCUT2D eigenvalue weighted by Gasteiger charge is 2.26. The van der Waals surface area contributed by atoms with E-state index in [4.69, 9.17) is 14.5 Å². The topological polar surface area (TPSA) is 130 Å². The molecular formula is C29H37N5O5. The highest BCUT2D eigenvalue weighted by atomic mass is 16.6. The molecule has 1 fully saturated rings. The molecule has 1 aliphatic rings. The van der Waals surface area contributed by atoms with Crippen molar-refractivity contribution in [1.29, 1.82) is 0 Å². The molecule has 10 heteroatoms. The number of rotatable bonds is 11. The summed E-state index contributed by atoms with van der Waals surface area (Å²) in [5.41, 5.74) is 3.72. The fourth-order valence-corrected chi connectivity index (χ4v) is 4.29. The fraction of sp³-hybridized carbons (Fsp3) is 0.448. The number of amides is 1. The van der Waals surface area contributed by atoms with E-state index in [1.807, 2.05) is 51.9 Å². The summed E-state index contributed by atoms with van der Waals surface area (Å²) in [6, 6.07) is 9.18. The minimum absolute atomic E-state index is 0.0547. The van der Waals surface area contributed by atoms with E-state index in [1.54, 1.807) is 24.4 Å². The fourth-order valence-electron chi connectivity index (χ4n) is 4.29. The van der Waals surface area contributed by atoms with Gasteiger partial charge in [0.05, 0.1) is 11.4 Å². The lowest BCUT2D eigenvalue weighted by Gasteiger charge is -2.26. The predicted octanol–water partition coefficient (Wildman–Crippen LogP) is 4.93. The number of alkyl carbamates (subject to hydrolysis) is 1. The van der Waals surface area contributed by atoms with Crippen LogP contribution < -0.4 is 10.1 Å². The highest BCUT2D eigenvalue weighted by molar-refractivity contribution is 5.93. The zero-order chi connectivity index (χ0) is 28.2. The smallest absolute Gasteiger partial charge is 0.407 e. The van der Waals surface area contributed by atoms with Crippen molar-refractivity contribution in [3.05, 3.63) is 65.1 Å². The second-order valence-electron chi connectivity index (χ2n) is 11.0. The monoisotopic (exact) mass is 535 g/mol. The minimum atomic E-state index is -1.09. The second-order valence-corrected chi connectivity index (χ2v) is 11.0. The number of nitrogens with one attached hydrogen (secondary N) is 2. The van der Waals surface area contributed by atoms with Crippen LogP contribution >= 0.6 is 0 Å². The lowest BCUT2D eigenvalue weighted by molar-refractivity contribution is 0.0521. The third-order valence-electron chi connectivity index (χ3n) is 6.44. The average molecular weight is 536 g/mol. The number of pyridine rings is 1. The Labute approximate surface area is 228 Å². The summed E-state index contributed by atoms with van der Waals surface area (Å²) in [7, 11) is 1.91. The molecular weight excluding hydrogens is 498 g/mol. The molecule has 10 nitrogen and oxygen atoms in total. The van der Waals surface area contributed by atoms with Gasteiger partial charge in [0.15, 0.2) is 6.10 Å². The molecule has 0 aliphatic heterocycles. The molecule has 0 radical (unpaired) electrons. The number of carboxylic acid groups (broad SMARTS) is 1. The van der Waals surface area contributed by atoms with Gasteiger partial charge in [0.1, 0.15) is 16.9 Å². The van der Waals surface area contributed by atoms with Crippen molar-refractivity contribution in [2.75, 3.05) is 26.7 Å². The number of benzene rings is 1. The van der Waals surface area contributed by atoms with Crippen molar-refractivity contribution >= 4 is 12.1 Å². The van der Waals surface area contributed by atoms with Gasteiger partial charge in [0, 0.05) is 37.6 Å². The van der Waals surface area contributed by atoms with Crippen molar-refractivity contribution in [3.63, 3.8) is 0 Å². The summed E-state index contributed by atoms with van der Waals surface area (Å²) in [6.07, 6.45) is 4.86. The van der Waals surface area contributed by atoms with Crippen molar-refractivity contribution in [2.24, 2.45) is 0 Å². The third kappa shape index (κ3) is 7.79. The maximum atomic E-state index is 12.2. The molecule has 208 valence electrons. The summed E-state index contributed by atoms with van der Waals surface area (Å²) >= 11 is 0. The number of carbonyl (C=O) groups is 2. The van der Waals surface area contributed by atoms with E-state index in [1.165, 1.54) is 18.4 Å². The minimum Gasteiger partial charge on any atom is -0.482 e. The second kappa shape index (κ2) is 11.9. The Kier molecular flexibility index (Phi) is 8.54. The van der Waals surface area contributed by atoms with Gasteiger partial charge in [-0.15, -0.1) is 0 Å². The SMILES string of the molecule is Cc1cc(O[C@H](CN(C)CCNC(=O)OC(C)(C)C)c2ccc(C3CC3)cn2)c(C(=O)O)cc1-c1ccn[nH]1. The summed E-state index contributed by atoms with van der Waals surface area (Å²) < 4.78 is 11.7. The summed E-state index contributed by atoms with van der Waals surface area (Å²) in [6.45, 7) is 8.69. The third-order valence-corrected chi connectivity index (χ3v) is 6.44. The largest absolute Gasteiger partial charge is 0.482 e. The van der Waals surface area contributed by atoms with E-state index in [-0.39, 0.29) is 11.3 Å². The number of likely N-dealkylation sites (N-methyl/N-ethyl adjacent to an activating group) is 1. The molecule has 39 heavy (non-hydrogen) atoms. The van der Waals surface area contributed by atoms with Crippen molar-refractivity contribution < 1.29 is 24.2 Å². The van der Waals surface area contributed by atoms with Crippen LogP contribution in [0.5, 0.6) is 5.75 Å². The van der Waals surface area contributed by atoms with E-state index in [9.17, 15) is 14.7 Å². The summed E-state index contributed by atoms with van der Waals surface area (Å²) in [5, 5.41) is 19.7. The van der Waals surface area contributed by atoms with Crippen molar-refractivity contribution in [2.45, 2.75) is 58.2 Å². The maximum absolute atomic E-state index is 12.2. The molecule has 2 heterocycles. The van der Waals surface area contributed by atoms with Crippen LogP contribution in [-0.4, -0.2) is 69.5 Å². The Hall–Kier alpha value is -3.92. The number of carboxylic acids is 1. The van der Waals surface area contributed by atoms with Gasteiger partial charge in [-0.1, -0.05) is 6.07 Å². The molecule has 2 aromatic heterocycles. The Morgan fingerprint density at radius 2 is 2.00 bits per heavy atom. The van der Waals surface area contributed by atoms with Crippen molar-refractivity contribution in [3.8, 4) is 17.0 Å². The number of hydrogen-bond donors (Lipinski definition) is 3. The van der Waals surface area contributed by atoms with Gasteiger partial charge in [-0.2, -0.15) is 5.10 Å². The molecule has 3 aromatic rings. The molecule has 1 atom stereocenters. The van der Waals surface area contributed by atoms with Gasteiger partial charge in [0.2, 0.25) is 0 Å². The number of carbonyl (C=O) groups excluding carboxylic acids is 1. The number of aryl methyl sites for hydroxylation is 1. The van der Waals surface area contributed by atoms with Crippen molar-refractivity contribution in [1.82, 2.24) is 25.4 Å². The zero-order valence-corrected chi connectivity index (χ0v) is 23.2. The van der Waals surface area contributed by atoms with Crippen LogP contribution in [0, 0.1) is 6.92 Å². The molecule has 1 saturated carbocycles. The van der Waals surface area contributed by atoms with Gasteiger partial charge in [0.25, 0.3) is 0 Å². The standard InChI is InChI=1S/C29H37N5O5/c1-18-14-25(22(27(35)36)15-21(18)23-10-11-32-33-23)38-26(24-9-8-20(16-31-24)19-6-7-19)17-34(5)13-12-30-28(37)39-29(2,3)4/h8-11,14-16,19,26H,6-7,12-13,17H2,1-5H3,(H,30,37)(H,32,33)(H,35,36)/t26-/m1/s1. The first kappa shape index (κ1) is 28.1. The molecule has 1 aliphatic carbocycles. The number of hydrogen-bond acceptors (Lipinski definition) is 7.